The Kier molecular flexibility index (Phi) is 4.69. The molecule has 20 heavy (non-hydrogen) atoms. The van der Waals surface area contributed by atoms with Crippen LogP contribution in [0.5, 0.6) is 0 Å². The Morgan fingerprint density at radius 1 is 1.20 bits per heavy atom. The van der Waals surface area contributed by atoms with Crippen LogP contribution in [0.1, 0.15) is 24.8 Å². The van der Waals surface area contributed by atoms with E-state index in [9.17, 15) is 17.2 Å². The molecular weight excluding hydrogens is 288 g/mol. The van der Waals surface area contributed by atoms with Crippen LogP contribution in [-0.4, -0.2) is 26.5 Å². The minimum Gasteiger partial charge on any atom is -0.326 e. The highest BCUT2D eigenvalue weighted by Crippen LogP contribution is 2.20. The van der Waals surface area contributed by atoms with Crippen molar-refractivity contribution in [1.29, 1.82) is 0 Å². The Balaban J connectivity index is 2.30. The number of hydrogen-bond acceptors (Lipinski definition) is 4. The van der Waals surface area contributed by atoms with Crippen molar-refractivity contribution in [2.75, 3.05) is 13.1 Å². The highest BCUT2D eigenvalue weighted by molar-refractivity contribution is 7.89. The second-order valence-corrected chi connectivity index (χ2v) is 6.37. The number of nitrogens with zero attached hydrogens (tertiary/aromatic N) is 1. The summed E-state index contributed by atoms with van der Waals surface area (Å²) in [6.07, 6.45) is 2.76. The molecule has 1 aromatic carbocycles. The van der Waals surface area contributed by atoms with E-state index in [2.05, 4.69) is 4.83 Å². The van der Waals surface area contributed by atoms with Crippen LogP contribution in [0, 0.1) is 11.6 Å². The third kappa shape index (κ3) is 3.32. The number of benzene rings is 1. The Bertz CT molecular complexity index is 587. The van der Waals surface area contributed by atoms with Gasteiger partial charge in [0.25, 0.3) is 10.0 Å². The molecule has 0 aliphatic carbocycles. The van der Waals surface area contributed by atoms with Gasteiger partial charge in [-0.2, -0.15) is 0 Å². The zero-order chi connectivity index (χ0) is 14.8. The lowest BCUT2D eigenvalue weighted by Crippen LogP contribution is -2.45. The number of sulfonamides is 1. The van der Waals surface area contributed by atoms with Gasteiger partial charge in [0.1, 0.15) is 4.90 Å². The fraction of sp³-hybridized carbons (Fsp3) is 0.500. The third-order valence-electron chi connectivity index (χ3n) is 3.19. The quantitative estimate of drug-likeness (QED) is 0.873. The second kappa shape index (κ2) is 6.13. The topological polar surface area (TPSA) is 75.4 Å². The number of hydrazine groups is 1. The molecule has 0 saturated carbocycles. The molecule has 5 nitrogen and oxygen atoms in total. The molecule has 8 heteroatoms. The molecule has 1 heterocycles. The smallest absolute Gasteiger partial charge is 0.256 e. The van der Waals surface area contributed by atoms with Gasteiger partial charge in [-0.3, -0.25) is 0 Å². The molecule has 3 N–H and O–H groups in total. The molecule has 0 amide bonds. The van der Waals surface area contributed by atoms with Crippen molar-refractivity contribution in [2.24, 2.45) is 5.73 Å². The Hall–Kier alpha value is -1.09. The lowest BCUT2D eigenvalue weighted by Gasteiger charge is -2.26. The average molecular weight is 305 g/mol. The summed E-state index contributed by atoms with van der Waals surface area (Å²) in [4.78, 5) is 1.58. The number of halogens is 2. The van der Waals surface area contributed by atoms with Crippen LogP contribution in [0.4, 0.5) is 8.78 Å². The first-order valence-corrected chi connectivity index (χ1v) is 7.88. The lowest BCUT2D eigenvalue weighted by atomic mass is 10.2. The molecule has 2 rings (SSSR count). The highest BCUT2D eigenvalue weighted by Gasteiger charge is 2.25. The molecule has 112 valence electrons. The zero-order valence-electron chi connectivity index (χ0n) is 10.9. The van der Waals surface area contributed by atoms with Crippen molar-refractivity contribution < 1.29 is 17.2 Å². The molecule has 0 unspecified atom stereocenters. The minimum absolute atomic E-state index is 0.0660. The average Bonchev–Trinajstić information content (AvgIpc) is 2.42. The lowest BCUT2D eigenvalue weighted by molar-refractivity contribution is 0.199. The van der Waals surface area contributed by atoms with Crippen LogP contribution in [0.25, 0.3) is 0 Å². The Morgan fingerprint density at radius 2 is 1.85 bits per heavy atom. The molecule has 0 aromatic heterocycles. The largest absolute Gasteiger partial charge is 0.326 e. The number of rotatable bonds is 4. The standard InChI is InChI=1S/C12H17F2N3O2S/c13-10-6-9(8-15)7-11(12(10)14)20(18,19)16-17-4-2-1-3-5-17/h6-7,16H,1-5,8,15H2. The van der Waals surface area contributed by atoms with E-state index in [1.165, 1.54) is 5.01 Å². The first kappa shape index (κ1) is 15.3. The van der Waals surface area contributed by atoms with Gasteiger partial charge in [-0.25, -0.2) is 22.2 Å². The van der Waals surface area contributed by atoms with Crippen LogP contribution in [0.15, 0.2) is 17.0 Å². The van der Waals surface area contributed by atoms with Gasteiger partial charge >= 0.3 is 0 Å². The fourth-order valence-electron chi connectivity index (χ4n) is 2.13. The molecule has 1 fully saturated rings. The van der Waals surface area contributed by atoms with Crippen LogP contribution in [0.3, 0.4) is 0 Å². The van der Waals surface area contributed by atoms with E-state index in [1.54, 1.807) is 0 Å². The summed E-state index contributed by atoms with van der Waals surface area (Å²) in [6.45, 7) is 1.04. The van der Waals surface area contributed by atoms with E-state index in [0.717, 1.165) is 31.4 Å². The molecule has 0 spiro atoms. The van der Waals surface area contributed by atoms with Gasteiger partial charge in [0.2, 0.25) is 0 Å². The van der Waals surface area contributed by atoms with E-state index in [-0.39, 0.29) is 12.1 Å². The van der Waals surface area contributed by atoms with Gasteiger partial charge in [-0.05, 0) is 30.5 Å². The van der Waals surface area contributed by atoms with Gasteiger partial charge in [0, 0.05) is 19.6 Å². The molecule has 1 aromatic rings. The van der Waals surface area contributed by atoms with Gasteiger partial charge in [-0.1, -0.05) is 6.42 Å². The number of piperidine rings is 1. The molecule has 0 atom stereocenters. The van der Waals surface area contributed by atoms with Crippen molar-refractivity contribution in [3.05, 3.63) is 29.3 Å². The van der Waals surface area contributed by atoms with Crippen LogP contribution < -0.4 is 10.6 Å². The summed E-state index contributed by atoms with van der Waals surface area (Å²) < 4.78 is 51.4. The van der Waals surface area contributed by atoms with Crippen LogP contribution in [0.2, 0.25) is 0 Å². The van der Waals surface area contributed by atoms with Crippen molar-refractivity contribution in [1.82, 2.24) is 9.84 Å². The van der Waals surface area contributed by atoms with E-state index < -0.39 is 26.6 Å². The first-order valence-electron chi connectivity index (χ1n) is 6.39. The molecule has 0 bridgehead atoms. The maximum atomic E-state index is 13.7. The maximum absolute atomic E-state index is 13.7. The highest BCUT2D eigenvalue weighted by atomic mass is 32.2. The molecule has 1 aliphatic heterocycles. The predicted octanol–water partition coefficient (Wildman–Crippen LogP) is 1.10. The predicted molar refractivity (Wildman–Crippen MR) is 70.0 cm³/mol. The van der Waals surface area contributed by atoms with Gasteiger partial charge in [-0.15, -0.1) is 4.83 Å². The summed E-state index contributed by atoms with van der Waals surface area (Å²) >= 11 is 0. The molecule has 1 saturated heterocycles. The van der Waals surface area contributed by atoms with Crippen LogP contribution >= 0.6 is 0 Å². The Labute approximate surface area is 116 Å². The molecule has 0 radical (unpaired) electrons. The van der Waals surface area contributed by atoms with E-state index in [0.29, 0.717) is 13.1 Å². The van der Waals surface area contributed by atoms with Crippen LogP contribution in [-0.2, 0) is 16.6 Å². The SMILES string of the molecule is NCc1cc(F)c(F)c(S(=O)(=O)NN2CCCCC2)c1. The summed E-state index contributed by atoms with van der Waals surface area (Å²) in [5, 5.41) is 1.51. The van der Waals surface area contributed by atoms with Crippen molar-refractivity contribution >= 4 is 10.0 Å². The summed E-state index contributed by atoms with van der Waals surface area (Å²) in [6, 6.07) is 1.96. The first-order chi connectivity index (χ1) is 9.44. The molecular formula is C12H17F2N3O2S. The number of nitrogens with two attached hydrogens (primary N) is 1. The molecule has 1 aliphatic rings. The third-order valence-corrected chi connectivity index (χ3v) is 4.56. The fourth-order valence-corrected chi connectivity index (χ4v) is 3.40. The zero-order valence-corrected chi connectivity index (χ0v) is 11.7. The van der Waals surface area contributed by atoms with Crippen molar-refractivity contribution in [2.45, 2.75) is 30.7 Å². The van der Waals surface area contributed by atoms with Gasteiger partial charge in [0.05, 0.1) is 0 Å². The number of hydrogen-bond donors (Lipinski definition) is 2. The van der Waals surface area contributed by atoms with Crippen molar-refractivity contribution in [3.8, 4) is 0 Å². The summed E-state index contributed by atoms with van der Waals surface area (Å²) in [5.41, 5.74) is 5.58. The monoisotopic (exact) mass is 305 g/mol. The minimum atomic E-state index is -4.14. The van der Waals surface area contributed by atoms with Gasteiger partial charge in [0.15, 0.2) is 11.6 Å². The summed E-state index contributed by atoms with van der Waals surface area (Å²) in [5.74, 6) is -2.60. The Morgan fingerprint density at radius 3 is 2.45 bits per heavy atom. The second-order valence-electron chi connectivity index (χ2n) is 4.74. The number of nitrogens with one attached hydrogen (secondary N) is 1. The van der Waals surface area contributed by atoms with E-state index >= 15 is 0 Å². The van der Waals surface area contributed by atoms with Gasteiger partial charge < -0.3 is 5.73 Å². The normalized spacial score (nSPS) is 17.4. The summed E-state index contributed by atoms with van der Waals surface area (Å²) in [7, 11) is -4.14. The van der Waals surface area contributed by atoms with E-state index in [4.69, 9.17) is 5.73 Å². The van der Waals surface area contributed by atoms with E-state index in [1.807, 2.05) is 0 Å². The maximum Gasteiger partial charge on any atom is 0.256 e. The van der Waals surface area contributed by atoms with Crippen molar-refractivity contribution in [3.63, 3.8) is 0 Å².